The van der Waals surface area contributed by atoms with Crippen molar-refractivity contribution in [3.05, 3.63) is 60.9 Å². The Morgan fingerprint density at radius 1 is 1.09 bits per heavy atom. The number of imidazole rings is 1. The number of benzene rings is 2. The minimum Gasteiger partial charge on any atom is -0.496 e. The molecule has 0 saturated carbocycles. The van der Waals surface area contributed by atoms with E-state index in [0.29, 0.717) is 31.3 Å². The third-order valence-corrected chi connectivity index (χ3v) is 6.45. The van der Waals surface area contributed by atoms with Gasteiger partial charge < -0.3 is 28.3 Å². The van der Waals surface area contributed by atoms with E-state index in [1.807, 2.05) is 52.8 Å². The van der Waals surface area contributed by atoms with E-state index in [0.717, 1.165) is 41.1 Å². The van der Waals surface area contributed by atoms with Crippen LogP contribution in [0.2, 0.25) is 0 Å². The first-order valence-corrected chi connectivity index (χ1v) is 11.6. The Balaban J connectivity index is 1.30. The lowest BCUT2D eigenvalue weighted by atomic mass is 10.1. The highest BCUT2D eigenvalue weighted by Crippen LogP contribution is 2.34. The molecule has 9 nitrogen and oxygen atoms in total. The molecule has 182 valence electrons. The largest absolute Gasteiger partial charge is 0.496 e. The van der Waals surface area contributed by atoms with E-state index in [9.17, 15) is 4.79 Å². The fraction of sp³-hybridized carbons (Fsp3) is 0.346. The molecule has 4 aromatic rings. The molecule has 2 aromatic carbocycles. The molecule has 35 heavy (non-hydrogen) atoms. The van der Waals surface area contributed by atoms with Crippen LogP contribution >= 0.6 is 0 Å². The summed E-state index contributed by atoms with van der Waals surface area (Å²) in [4.78, 5) is 26.3. The number of ether oxygens (including phenoxy) is 2. The first-order valence-electron chi connectivity index (χ1n) is 11.6. The van der Waals surface area contributed by atoms with E-state index in [2.05, 4.69) is 20.9 Å². The molecule has 0 spiro atoms. The molecule has 1 amide bonds. The Morgan fingerprint density at radius 2 is 1.89 bits per heavy atom. The van der Waals surface area contributed by atoms with E-state index >= 15 is 0 Å². The number of rotatable bonds is 7. The third-order valence-electron chi connectivity index (χ3n) is 6.45. The van der Waals surface area contributed by atoms with Gasteiger partial charge in [0.2, 0.25) is 5.91 Å². The highest BCUT2D eigenvalue weighted by Gasteiger charge is 2.30. The van der Waals surface area contributed by atoms with Crippen LogP contribution in [-0.4, -0.2) is 72.3 Å². The van der Waals surface area contributed by atoms with Crippen molar-refractivity contribution in [3.63, 3.8) is 0 Å². The monoisotopic (exact) mass is 475 g/mol. The second-order valence-electron chi connectivity index (χ2n) is 8.55. The third kappa shape index (κ3) is 4.46. The van der Waals surface area contributed by atoms with Gasteiger partial charge in [0, 0.05) is 52.0 Å². The Kier molecular flexibility index (Phi) is 6.41. The lowest BCUT2D eigenvalue weighted by Crippen LogP contribution is -2.51. The smallest absolute Gasteiger partial charge is 0.248 e. The molecule has 1 aliphatic rings. The van der Waals surface area contributed by atoms with Crippen molar-refractivity contribution in [2.24, 2.45) is 0 Å². The summed E-state index contributed by atoms with van der Waals surface area (Å²) in [5, 5.41) is 0. The number of piperazine rings is 1. The number of methoxy groups -OCH3 is 2. The Morgan fingerprint density at radius 3 is 2.60 bits per heavy atom. The quantitative estimate of drug-likeness (QED) is 0.404. The summed E-state index contributed by atoms with van der Waals surface area (Å²) in [6.45, 7) is 4.80. The van der Waals surface area contributed by atoms with Gasteiger partial charge in [0.15, 0.2) is 11.7 Å². The van der Waals surface area contributed by atoms with Crippen molar-refractivity contribution in [2.45, 2.75) is 13.0 Å². The summed E-state index contributed by atoms with van der Waals surface area (Å²) in [5.74, 6) is 2.06. The number of hydrogen-bond donors (Lipinski definition) is 0. The van der Waals surface area contributed by atoms with Crippen molar-refractivity contribution in [1.29, 1.82) is 0 Å². The van der Waals surface area contributed by atoms with Crippen molar-refractivity contribution in [1.82, 2.24) is 19.4 Å². The summed E-state index contributed by atoms with van der Waals surface area (Å²) in [5.41, 5.74) is 3.70. The molecule has 0 radical (unpaired) electrons. The minimum atomic E-state index is -0.455. The molecule has 5 rings (SSSR count). The lowest BCUT2D eigenvalue weighted by Gasteiger charge is -2.38. The number of para-hydroxylation sites is 2. The number of fused-ring (bicyclic) bond motifs is 1. The van der Waals surface area contributed by atoms with E-state index in [1.165, 1.54) is 0 Å². The molecule has 0 bridgehead atoms. The Hall–Kier alpha value is -3.85. The van der Waals surface area contributed by atoms with Crippen LogP contribution in [0.25, 0.3) is 22.4 Å². The van der Waals surface area contributed by atoms with Crippen LogP contribution in [0, 0.1) is 6.92 Å². The van der Waals surface area contributed by atoms with Gasteiger partial charge in [-0.05, 0) is 24.3 Å². The van der Waals surface area contributed by atoms with Crippen LogP contribution < -0.4 is 9.64 Å². The molecule has 1 unspecified atom stereocenters. The second-order valence-corrected chi connectivity index (χ2v) is 8.55. The van der Waals surface area contributed by atoms with Crippen LogP contribution in [0.15, 0.2) is 59.4 Å². The molecule has 2 aromatic heterocycles. The maximum absolute atomic E-state index is 13.5. The lowest BCUT2D eigenvalue weighted by molar-refractivity contribution is -0.136. The van der Waals surface area contributed by atoms with Crippen LogP contribution in [0.5, 0.6) is 5.75 Å². The summed E-state index contributed by atoms with van der Waals surface area (Å²) in [7, 11) is 3.27. The number of amides is 1. The SMILES string of the molecule is COCC(C(=O)N1CCN(c2ccc(-c3cnc(C)o3)c(OC)c2)CC1)n1cnc2ccccc21. The maximum atomic E-state index is 13.5. The van der Waals surface area contributed by atoms with Crippen molar-refractivity contribution in [3.8, 4) is 17.1 Å². The fourth-order valence-corrected chi connectivity index (χ4v) is 4.62. The van der Waals surface area contributed by atoms with Crippen molar-refractivity contribution < 1.29 is 18.7 Å². The predicted molar refractivity (Wildman–Crippen MR) is 133 cm³/mol. The maximum Gasteiger partial charge on any atom is 0.248 e. The van der Waals surface area contributed by atoms with Crippen molar-refractivity contribution in [2.75, 3.05) is 51.9 Å². The average molecular weight is 476 g/mol. The first-order chi connectivity index (χ1) is 17.1. The number of aryl methyl sites for hydroxylation is 1. The zero-order valence-corrected chi connectivity index (χ0v) is 20.2. The molecule has 0 N–H and O–H groups in total. The molecular weight excluding hydrogens is 446 g/mol. The Labute approximate surface area is 203 Å². The molecule has 1 atom stereocenters. The summed E-state index contributed by atoms with van der Waals surface area (Å²) < 4.78 is 18.6. The Bertz CT molecular complexity index is 1320. The predicted octanol–water partition coefficient (Wildman–Crippen LogP) is 3.54. The van der Waals surface area contributed by atoms with Crippen LogP contribution in [-0.2, 0) is 9.53 Å². The first kappa shape index (κ1) is 22.9. The molecule has 3 heterocycles. The van der Waals surface area contributed by atoms with Gasteiger partial charge >= 0.3 is 0 Å². The molecule has 1 fully saturated rings. The van der Waals surface area contributed by atoms with Crippen molar-refractivity contribution >= 4 is 22.6 Å². The molecular formula is C26H29N5O4. The van der Waals surface area contributed by atoms with Gasteiger partial charge in [0.25, 0.3) is 0 Å². The number of carbonyl (C=O) groups is 1. The zero-order chi connectivity index (χ0) is 24.4. The molecule has 1 saturated heterocycles. The molecule has 9 heteroatoms. The zero-order valence-electron chi connectivity index (χ0n) is 20.2. The summed E-state index contributed by atoms with van der Waals surface area (Å²) in [6.07, 6.45) is 3.43. The van der Waals surface area contributed by atoms with Crippen LogP contribution in [0.4, 0.5) is 5.69 Å². The van der Waals surface area contributed by atoms with Gasteiger partial charge in [-0.15, -0.1) is 0 Å². The van der Waals surface area contributed by atoms with E-state index in [-0.39, 0.29) is 5.91 Å². The number of oxazole rings is 1. The number of aromatic nitrogens is 3. The minimum absolute atomic E-state index is 0.0447. The van der Waals surface area contributed by atoms with Crippen LogP contribution in [0.1, 0.15) is 11.9 Å². The average Bonchev–Trinajstić information content (AvgIpc) is 3.53. The number of carbonyl (C=O) groups excluding carboxylic acids is 1. The summed E-state index contributed by atoms with van der Waals surface area (Å²) >= 11 is 0. The summed E-state index contributed by atoms with van der Waals surface area (Å²) in [6, 6.07) is 13.4. The standard InChI is InChI=1S/C26H29N5O4/c1-18-27-15-25(35-18)20-9-8-19(14-24(20)34-3)29-10-12-30(13-11-29)26(32)23(16-33-2)31-17-28-21-6-4-5-7-22(21)31/h4-9,14-15,17,23H,10-13,16H2,1-3H3. The fourth-order valence-electron chi connectivity index (χ4n) is 4.62. The van der Waals surface area contributed by atoms with E-state index in [4.69, 9.17) is 13.9 Å². The number of anilines is 1. The molecule has 0 aliphatic carbocycles. The van der Waals surface area contributed by atoms with E-state index < -0.39 is 6.04 Å². The number of nitrogens with zero attached hydrogens (tertiary/aromatic N) is 5. The number of hydrogen-bond acceptors (Lipinski definition) is 7. The van der Waals surface area contributed by atoms with Gasteiger partial charge in [-0.2, -0.15) is 0 Å². The van der Waals surface area contributed by atoms with E-state index in [1.54, 1.807) is 26.7 Å². The van der Waals surface area contributed by atoms with Crippen LogP contribution in [0.3, 0.4) is 0 Å². The van der Waals surface area contributed by atoms with Gasteiger partial charge in [-0.1, -0.05) is 12.1 Å². The highest BCUT2D eigenvalue weighted by molar-refractivity contribution is 5.84. The topological polar surface area (TPSA) is 85.9 Å². The van der Waals surface area contributed by atoms with Gasteiger partial charge in [-0.25, -0.2) is 9.97 Å². The highest BCUT2D eigenvalue weighted by atomic mass is 16.5. The normalized spacial score (nSPS) is 14.9. The van der Waals surface area contributed by atoms with Gasteiger partial charge in [0.05, 0.1) is 42.8 Å². The van der Waals surface area contributed by atoms with Gasteiger partial charge in [-0.3, -0.25) is 4.79 Å². The second kappa shape index (κ2) is 9.79. The molecule has 1 aliphatic heterocycles. The van der Waals surface area contributed by atoms with Gasteiger partial charge in [0.1, 0.15) is 11.8 Å².